The van der Waals surface area contributed by atoms with Crippen molar-refractivity contribution < 1.29 is 9.47 Å². The average molecular weight is 389 g/mol. The normalized spacial score (nSPS) is 17.9. The van der Waals surface area contributed by atoms with Crippen LogP contribution in [0.15, 0.2) is 41.6 Å². The Balaban J connectivity index is 0.00000200. The Morgan fingerprint density at radius 1 is 1.55 bits per heavy atom. The standard InChI is InChI=1S/C14H19N3O2.HI/c1-18-12-7-4-5-11(9-12)17-14(15)16-10-13-6-2-3-8-19-13;/h3-5,7-9,13H,2,6,10H2,1H3,(H3,15,16,17);1H. The lowest BCUT2D eigenvalue weighted by atomic mass is 10.2. The highest BCUT2D eigenvalue weighted by Crippen LogP contribution is 2.16. The van der Waals surface area contributed by atoms with Crippen LogP contribution in [-0.2, 0) is 4.74 Å². The van der Waals surface area contributed by atoms with Gasteiger partial charge in [-0.05, 0) is 31.1 Å². The molecule has 0 aromatic heterocycles. The summed E-state index contributed by atoms with van der Waals surface area (Å²) < 4.78 is 10.6. The molecular formula is C14H20IN3O2. The molecule has 0 saturated heterocycles. The lowest BCUT2D eigenvalue weighted by molar-refractivity contribution is 0.131. The van der Waals surface area contributed by atoms with Gasteiger partial charge >= 0.3 is 0 Å². The monoisotopic (exact) mass is 389 g/mol. The topological polar surface area (TPSA) is 68.9 Å². The molecule has 1 heterocycles. The van der Waals surface area contributed by atoms with E-state index in [1.54, 1.807) is 13.4 Å². The molecule has 0 amide bonds. The average Bonchev–Trinajstić information content (AvgIpc) is 2.46. The van der Waals surface area contributed by atoms with Gasteiger partial charge in [-0.3, -0.25) is 0 Å². The summed E-state index contributed by atoms with van der Waals surface area (Å²) >= 11 is 0. The summed E-state index contributed by atoms with van der Waals surface area (Å²) in [5.74, 6) is 1.16. The zero-order valence-electron chi connectivity index (χ0n) is 11.4. The highest BCUT2D eigenvalue weighted by molar-refractivity contribution is 14.0. The van der Waals surface area contributed by atoms with Crippen molar-refractivity contribution in [2.24, 2.45) is 10.7 Å². The van der Waals surface area contributed by atoms with Gasteiger partial charge in [0.05, 0.1) is 19.9 Å². The minimum Gasteiger partial charge on any atom is -0.497 e. The van der Waals surface area contributed by atoms with Crippen LogP contribution in [0.3, 0.4) is 0 Å². The maximum absolute atomic E-state index is 5.84. The molecule has 0 radical (unpaired) electrons. The number of ether oxygens (including phenoxy) is 2. The van der Waals surface area contributed by atoms with E-state index in [9.17, 15) is 0 Å². The number of rotatable bonds is 4. The molecule has 0 spiro atoms. The lowest BCUT2D eigenvalue weighted by Crippen LogP contribution is -2.25. The van der Waals surface area contributed by atoms with Crippen molar-refractivity contribution >= 4 is 35.6 Å². The third kappa shape index (κ3) is 5.28. The molecule has 1 aliphatic rings. The number of allylic oxidation sites excluding steroid dienone is 1. The molecule has 1 atom stereocenters. The Bertz CT molecular complexity index is 477. The zero-order valence-corrected chi connectivity index (χ0v) is 13.7. The summed E-state index contributed by atoms with van der Waals surface area (Å²) in [7, 11) is 1.63. The number of guanidine groups is 1. The molecule has 20 heavy (non-hydrogen) atoms. The van der Waals surface area contributed by atoms with Crippen LogP contribution >= 0.6 is 24.0 Å². The highest BCUT2D eigenvalue weighted by Gasteiger charge is 2.09. The predicted molar refractivity (Wildman–Crippen MR) is 91.8 cm³/mol. The van der Waals surface area contributed by atoms with E-state index < -0.39 is 0 Å². The van der Waals surface area contributed by atoms with Crippen LogP contribution in [0.2, 0.25) is 0 Å². The molecular weight excluding hydrogens is 369 g/mol. The number of aliphatic imine (C=N–C) groups is 1. The molecule has 1 aromatic carbocycles. The summed E-state index contributed by atoms with van der Waals surface area (Å²) in [6.45, 7) is 0.563. The van der Waals surface area contributed by atoms with Crippen molar-refractivity contribution in [3.8, 4) is 5.75 Å². The molecule has 0 bridgehead atoms. The second-order valence-electron chi connectivity index (χ2n) is 4.29. The summed E-state index contributed by atoms with van der Waals surface area (Å²) in [4.78, 5) is 4.28. The van der Waals surface area contributed by atoms with Crippen LogP contribution in [0, 0.1) is 0 Å². The van der Waals surface area contributed by atoms with Gasteiger partial charge in [0.15, 0.2) is 5.96 Å². The number of nitrogens with one attached hydrogen (secondary N) is 1. The molecule has 0 aliphatic carbocycles. The van der Waals surface area contributed by atoms with Crippen LogP contribution in [-0.4, -0.2) is 25.7 Å². The van der Waals surface area contributed by atoms with E-state index in [-0.39, 0.29) is 30.1 Å². The first-order chi connectivity index (χ1) is 9.28. The maximum atomic E-state index is 5.84. The first-order valence-electron chi connectivity index (χ1n) is 6.29. The van der Waals surface area contributed by atoms with Crippen molar-refractivity contribution in [1.29, 1.82) is 0 Å². The molecule has 2 rings (SSSR count). The Morgan fingerprint density at radius 3 is 3.10 bits per heavy atom. The number of anilines is 1. The first kappa shape index (κ1) is 16.6. The van der Waals surface area contributed by atoms with Crippen LogP contribution in [0.25, 0.3) is 0 Å². The fraction of sp³-hybridized carbons (Fsp3) is 0.357. The Labute approximate surface area is 136 Å². The van der Waals surface area contributed by atoms with Crippen molar-refractivity contribution in [3.05, 3.63) is 36.6 Å². The Kier molecular flexibility index (Phi) is 7.21. The van der Waals surface area contributed by atoms with Crippen LogP contribution in [0.5, 0.6) is 5.75 Å². The molecule has 1 unspecified atom stereocenters. The first-order valence-corrected chi connectivity index (χ1v) is 6.29. The van der Waals surface area contributed by atoms with Gasteiger partial charge in [0.2, 0.25) is 0 Å². The Morgan fingerprint density at radius 2 is 2.40 bits per heavy atom. The number of nitrogens with two attached hydrogens (primary N) is 1. The number of nitrogens with zero attached hydrogens (tertiary/aromatic N) is 1. The van der Waals surface area contributed by atoms with Crippen LogP contribution in [0.4, 0.5) is 5.69 Å². The molecule has 1 aromatic rings. The number of halogens is 1. The molecule has 0 fully saturated rings. The molecule has 3 N–H and O–H groups in total. The van der Waals surface area contributed by atoms with E-state index >= 15 is 0 Å². The minimum atomic E-state index is 0. The van der Waals surface area contributed by atoms with Crippen molar-refractivity contribution in [2.75, 3.05) is 19.0 Å². The molecule has 1 aliphatic heterocycles. The van der Waals surface area contributed by atoms with Gasteiger partial charge in [-0.2, -0.15) is 0 Å². The number of benzene rings is 1. The summed E-state index contributed by atoms with van der Waals surface area (Å²) in [5.41, 5.74) is 6.69. The number of methoxy groups -OCH3 is 1. The largest absolute Gasteiger partial charge is 0.497 e. The number of hydrogen-bond donors (Lipinski definition) is 2. The summed E-state index contributed by atoms with van der Waals surface area (Å²) in [5, 5.41) is 3.03. The fourth-order valence-electron chi connectivity index (χ4n) is 1.81. The number of hydrogen-bond acceptors (Lipinski definition) is 3. The van der Waals surface area contributed by atoms with E-state index in [2.05, 4.69) is 10.3 Å². The van der Waals surface area contributed by atoms with Gasteiger partial charge in [0.25, 0.3) is 0 Å². The quantitative estimate of drug-likeness (QED) is 0.472. The van der Waals surface area contributed by atoms with Gasteiger partial charge in [-0.25, -0.2) is 4.99 Å². The summed E-state index contributed by atoms with van der Waals surface area (Å²) in [6.07, 6.45) is 5.87. The molecule has 110 valence electrons. The minimum absolute atomic E-state index is 0. The van der Waals surface area contributed by atoms with E-state index in [1.165, 1.54) is 0 Å². The third-order valence-electron chi connectivity index (χ3n) is 2.83. The second kappa shape index (κ2) is 8.68. The van der Waals surface area contributed by atoms with Gasteiger partial charge in [0.1, 0.15) is 11.9 Å². The van der Waals surface area contributed by atoms with Gasteiger partial charge < -0.3 is 20.5 Å². The van der Waals surface area contributed by atoms with Crippen LogP contribution < -0.4 is 15.8 Å². The fourth-order valence-corrected chi connectivity index (χ4v) is 1.81. The molecule has 0 saturated carbocycles. The van der Waals surface area contributed by atoms with E-state index in [4.69, 9.17) is 15.2 Å². The molecule has 5 nitrogen and oxygen atoms in total. The van der Waals surface area contributed by atoms with E-state index in [0.717, 1.165) is 24.3 Å². The maximum Gasteiger partial charge on any atom is 0.193 e. The predicted octanol–water partition coefficient (Wildman–Crippen LogP) is 2.73. The summed E-state index contributed by atoms with van der Waals surface area (Å²) in [6, 6.07) is 7.54. The highest BCUT2D eigenvalue weighted by atomic mass is 127. The zero-order chi connectivity index (χ0) is 13.5. The van der Waals surface area contributed by atoms with Crippen molar-refractivity contribution in [1.82, 2.24) is 0 Å². The van der Waals surface area contributed by atoms with E-state index in [0.29, 0.717) is 12.5 Å². The molecule has 6 heteroatoms. The van der Waals surface area contributed by atoms with Gasteiger partial charge in [-0.15, -0.1) is 24.0 Å². The third-order valence-corrected chi connectivity index (χ3v) is 2.83. The SMILES string of the molecule is COc1cccc(NC(N)=NCC2CCC=CO2)c1.I. The van der Waals surface area contributed by atoms with E-state index in [1.807, 2.05) is 30.3 Å². The van der Waals surface area contributed by atoms with Crippen LogP contribution in [0.1, 0.15) is 12.8 Å². The Hall–Kier alpha value is -1.44. The van der Waals surface area contributed by atoms with Gasteiger partial charge in [0, 0.05) is 11.8 Å². The lowest BCUT2D eigenvalue weighted by Gasteiger charge is -2.17. The van der Waals surface area contributed by atoms with Gasteiger partial charge in [-0.1, -0.05) is 6.07 Å². The smallest absolute Gasteiger partial charge is 0.193 e. The van der Waals surface area contributed by atoms with Crippen molar-refractivity contribution in [3.63, 3.8) is 0 Å². The second-order valence-corrected chi connectivity index (χ2v) is 4.29. The van der Waals surface area contributed by atoms with Crippen molar-refractivity contribution in [2.45, 2.75) is 18.9 Å².